The first-order chi connectivity index (χ1) is 7.55. The second kappa shape index (κ2) is 5.31. The van der Waals surface area contributed by atoms with Crippen molar-refractivity contribution in [3.63, 3.8) is 0 Å². The molecule has 0 bridgehead atoms. The van der Waals surface area contributed by atoms with Crippen LogP contribution in [0.3, 0.4) is 0 Å². The summed E-state index contributed by atoms with van der Waals surface area (Å²) in [5.74, 6) is 0.0267. The molecule has 0 saturated carbocycles. The fourth-order valence-electron chi connectivity index (χ4n) is 2.34. The van der Waals surface area contributed by atoms with Gasteiger partial charge >= 0.3 is 0 Å². The fraction of sp³-hybridized carbons (Fsp3) is 0.833. The lowest BCUT2D eigenvalue weighted by Crippen LogP contribution is -2.54. The molecule has 1 amide bonds. The molecular weight excluding hydrogens is 202 g/mol. The van der Waals surface area contributed by atoms with Gasteiger partial charge in [-0.2, -0.15) is 5.26 Å². The van der Waals surface area contributed by atoms with E-state index < -0.39 is 0 Å². The van der Waals surface area contributed by atoms with Gasteiger partial charge in [0.05, 0.1) is 17.5 Å². The molecule has 1 N–H and O–H groups in total. The molecule has 2 unspecified atom stereocenters. The second-order valence-corrected chi connectivity index (χ2v) is 4.68. The highest BCUT2D eigenvalue weighted by atomic mass is 16.2. The highest BCUT2D eigenvalue weighted by Crippen LogP contribution is 2.25. The van der Waals surface area contributed by atoms with Crippen LogP contribution in [0.1, 0.15) is 33.1 Å². The standard InChI is InChI=1S/C12H21N3O/c1-4-12(6-5-7-14-12)11(16)15(3)9-10(2)8-13/h10,14H,4-7,9H2,1-3H3. The van der Waals surface area contributed by atoms with E-state index in [9.17, 15) is 4.79 Å². The van der Waals surface area contributed by atoms with Crippen molar-refractivity contribution in [1.82, 2.24) is 10.2 Å². The number of hydrogen-bond donors (Lipinski definition) is 1. The molecule has 4 heteroatoms. The lowest BCUT2D eigenvalue weighted by molar-refractivity contribution is -0.137. The van der Waals surface area contributed by atoms with Crippen molar-refractivity contribution >= 4 is 5.91 Å². The fourth-order valence-corrected chi connectivity index (χ4v) is 2.34. The summed E-state index contributed by atoms with van der Waals surface area (Å²) < 4.78 is 0. The van der Waals surface area contributed by atoms with Gasteiger partial charge in [0, 0.05) is 13.6 Å². The van der Waals surface area contributed by atoms with Crippen LogP contribution < -0.4 is 5.32 Å². The van der Waals surface area contributed by atoms with E-state index in [1.165, 1.54) is 0 Å². The lowest BCUT2D eigenvalue weighted by atomic mass is 9.92. The Morgan fingerprint density at radius 1 is 1.69 bits per heavy atom. The van der Waals surface area contributed by atoms with Gasteiger partial charge in [0.1, 0.15) is 0 Å². The molecule has 0 radical (unpaired) electrons. The lowest BCUT2D eigenvalue weighted by Gasteiger charge is -2.32. The quantitative estimate of drug-likeness (QED) is 0.777. The number of rotatable bonds is 4. The monoisotopic (exact) mass is 223 g/mol. The van der Waals surface area contributed by atoms with Crippen molar-refractivity contribution in [2.45, 2.75) is 38.6 Å². The summed E-state index contributed by atoms with van der Waals surface area (Å²) in [6, 6.07) is 2.16. The van der Waals surface area contributed by atoms with Crippen LogP contribution in [0, 0.1) is 17.2 Å². The third kappa shape index (κ3) is 2.53. The van der Waals surface area contributed by atoms with Crippen LogP contribution in [0.5, 0.6) is 0 Å². The molecule has 0 spiro atoms. The molecule has 0 aromatic rings. The Hall–Kier alpha value is -1.08. The Morgan fingerprint density at radius 2 is 2.38 bits per heavy atom. The first-order valence-electron chi connectivity index (χ1n) is 5.96. The number of carbonyl (C=O) groups is 1. The number of nitrogens with zero attached hydrogens (tertiary/aromatic N) is 2. The van der Waals surface area contributed by atoms with E-state index in [4.69, 9.17) is 5.26 Å². The zero-order valence-electron chi connectivity index (χ0n) is 10.4. The van der Waals surface area contributed by atoms with E-state index in [2.05, 4.69) is 11.4 Å². The highest BCUT2D eigenvalue weighted by molar-refractivity contribution is 5.86. The van der Waals surface area contributed by atoms with E-state index in [1.807, 2.05) is 13.8 Å². The summed E-state index contributed by atoms with van der Waals surface area (Å²) in [6.07, 6.45) is 2.78. The Morgan fingerprint density at radius 3 is 2.81 bits per heavy atom. The smallest absolute Gasteiger partial charge is 0.242 e. The summed E-state index contributed by atoms with van der Waals surface area (Å²) in [4.78, 5) is 14.0. The molecule has 0 aromatic heterocycles. The van der Waals surface area contributed by atoms with E-state index in [0.717, 1.165) is 25.8 Å². The van der Waals surface area contributed by atoms with Crippen LogP contribution in [-0.2, 0) is 4.79 Å². The van der Waals surface area contributed by atoms with Gasteiger partial charge in [-0.05, 0) is 32.7 Å². The summed E-state index contributed by atoms with van der Waals surface area (Å²) in [6.45, 7) is 5.31. The molecule has 1 aliphatic rings. The molecule has 0 aliphatic carbocycles. The van der Waals surface area contributed by atoms with Crippen LogP contribution in [0.4, 0.5) is 0 Å². The molecule has 90 valence electrons. The van der Waals surface area contributed by atoms with Crippen molar-refractivity contribution in [2.75, 3.05) is 20.1 Å². The van der Waals surface area contributed by atoms with Crippen LogP contribution in [0.2, 0.25) is 0 Å². The Labute approximate surface area is 97.6 Å². The van der Waals surface area contributed by atoms with Gasteiger partial charge < -0.3 is 10.2 Å². The summed E-state index contributed by atoms with van der Waals surface area (Å²) in [7, 11) is 1.79. The minimum absolute atomic E-state index is 0.107. The van der Waals surface area contributed by atoms with Crippen molar-refractivity contribution in [2.24, 2.45) is 5.92 Å². The van der Waals surface area contributed by atoms with Crippen LogP contribution in [0.25, 0.3) is 0 Å². The third-order valence-corrected chi connectivity index (χ3v) is 3.37. The Balaban J connectivity index is 2.65. The Bertz CT molecular complexity index is 289. The molecule has 16 heavy (non-hydrogen) atoms. The number of carbonyl (C=O) groups excluding carboxylic acids is 1. The minimum Gasteiger partial charge on any atom is -0.343 e. The summed E-state index contributed by atoms with van der Waals surface area (Å²) >= 11 is 0. The van der Waals surface area contributed by atoms with Crippen molar-refractivity contribution < 1.29 is 4.79 Å². The number of nitrogens with one attached hydrogen (secondary N) is 1. The van der Waals surface area contributed by atoms with Gasteiger partial charge in [-0.15, -0.1) is 0 Å². The maximum atomic E-state index is 12.3. The molecular formula is C12H21N3O. The maximum Gasteiger partial charge on any atom is 0.242 e. The predicted molar refractivity (Wildman–Crippen MR) is 62.7 cm³/mol. The molecule has 1 aliphatic heterocycles. The predicted octanol–water partition coefficient (Wildman–Crippen LogP) is 1.14. The number of amides is 1. The van der Waals surface area contributed by atoms with E-state index in [1.54, 1.807) is 11.9 Å². The molecule has 4 nitrogen and oxygen atoms in total. The number of likely N-dealkylation sites (N-methyl/N-ethyl adjacent to an activating group) is 1. The Kier molecular flexibility index (Phi) is 4.31. The summed E-state index contributed by atoms with van der Waals surface area (Å²) in [5.41, 5.74) is -0.371. The third-order valence-electron chi connectivity index (χ3n) is 3.37. The number of hydrogen-bond acceptors (Lipinski definition) is 3. The second-order valence-electron chi connectivity index (χ2n) is 4.68. The maximum absolute atomic E-state index is 12.3. The number of nitriles is 1. The zero-order valence-corrected chi connectivity index (χ0v) is 10.4. The van der Waals surface area contributed by atoms with Crippen molar-refractivity contribution in [3.8, 4) is 6.07 Å². The average molecular weight is 223 g/mol. The minimum atomic E-state index is -0.371. The molecule has 1 rings (SSSR count). The van der Waals surface area contributed by atoms with E-state index >= 15 is 0 Å². The van der Waals surface area contributed by atoms with Crippen LogP contribution in [0.15, 0.2) is 0 Å². The average Bonchev–Trinajstić information content (AvgIpc) is 2.77. The zero-order chi connectivity index (χ0) is 12.2. The largest absolute Gasteiger partial charge is 0.343 e. The van der Waals surface area contributed by atoms with Crippen LogP contribution >= 0.6 is 0 Å². The SMILES string of the molecule is CCC1(C(=O)N(C)CC(C)C#N)CCCN1. The van der Waals surface area contributed by atoms with Crippen molar-refractivity contribution in [3.05, 3.63) is 0 Å². The van der Waals surface area contributed by atoms with E-state index in [0.29, 0.717) is 6.54 Å². The molecule has 1 saturated heterocycles. The van der Waals surface area contributed by atoms with Gasteiger partial charge in [0.2, 0.25) is 5.91 Å². The topological polar surface area (TPSA) is 56.1 Å². The van der Waals surface area contributed by atoms with Gasteiger partial charge in [0.25, 0.3) is 0 Å². The normalized spacial score (nSPS) is 26.1. The van der Waals surface area contributed by atoms with Crippen molar-refractivity contribution in [1.29, 1.82) is 5.26 Å². The molecule has 0 aromatic carbocycles. The molecule has 2 atom stereocenters. The van der Waals surface area contributed by atoms with Gasteiger partial charge in [-0.3, -0.25) is 4.79 Å². The first-order valence-corrected chi connectivity index (χ1v) is 5.96. The van der Waals surface area contributed by atoms with Crippen LogP contribution in [-0.4, -0.2) is 36.5 Å². The first kappa shape index (κ1) is 13.0. The van der Waals surface area contributed by atoms with Gasteiger partial charge in [0.15, 0.2) is 0 Å². The summed E-state index contributed by atoms with van der Waals surface area (Å²) in [5, 5.41) is 12.1. The molecule has 1 heterocycles. The van der Waals surface area contributed by atoms with Gasteiger partial charge in [-0.25, -0.2) is 0 Å². The molecule has 1 fully saturated rings. The van der Waals surface area contributed by atoms with Gasteiger partial charge in [-0.1, -0.05) is 6.92 Å². The highest BCUT2D eigenvalue weighted by Gasteiger charge is 2.40. The van der Waals surface area contributed by atoms with E-state index in [-0.39, 0.29) is 17.4 Å².